The molecule has 24 heavy (non-hydrogen) atoms. The second-order valence-corrected chi connectivity index (χ2v) is 12.0. The molecular weight excluding hydrogens is 312 g/mol. The first-order valence-corrected chi connectivity index (χ1v) is 10.5. The Morgan fingerprint density at radius 1 is 0.917 bits per heavy atom. The van der Waals surface area contributed by atoms with Crippen molar-refractivity contribution in [3.8, 4) is 0 Å². The zero-order valence-electron chi connectivity index (χ0n) is 15.0. The molecule has 0 unspecified atom stereocenters. The van der Waals surface area contributed by atoms with Crippen LogP contribution in [0.15, 0.2) is 60.7 Å². The van der Waals surface area contributed by atoms with Gasteiger partial charge in [-0.25, -0.2) is 0 Å². The van der Waals surface area contributed by atoms with E-state index in [-0.39, 0.29) is 10.8 Å². The minimum atomic E-state index is -2.61. The fourth-order valence-electron chi connectivity index (χ4n) is 3.58. The molecule has 0 heterocycles. The van der Waals surface area contributed by atoms with E-state index >= 15 is 0 Å². The molecule has 0 spiro atoms. The molecule has 1 fully saturated rings. The van der Waals surface area contributed by atoms with Gasteiger partial charge in [0, 0.05) is 0 Å². The predicted octanol–water partition coefficient (Wildman–Crippen LogP) is 3.68. The molecule has 0 atom stereocenters. The summed E-state index contributed by atoms with van der Waals surface area (Å²) in [6.45, 7) is 8.41. The second-order valence-electron chi connectivity index (χ2n) is 7.82. The molecule has 0 saturated heterocycles. The third kappa shape index (κ3) is 2.76. The number of ketones is 1. The summed E-state index contributed by atoms with van der Waals surface area (Å²) in [4.78, 5) is 12.3. The van der Waals surface area contributed by atoms with Gasteiger partial charge in [-0.15, -0.1) is 0 Å². The molecular formula is C21H26O2Si. The van der Waals surface area contributed by atoms with Gasteiger partial charge in [-0.1, -0.05) is 81.4 Å². The van der Waals surface area contributed by atoms with Crippen LogP contribution >= 0.6 is 0 Å². The number of carbonyl (C=O) groups excluding carboxylic acids is 1. The normalized spacial score (nSPS) is 16.7. The van der Waals surface area contributed by atoms with Crippen LogP contribution in [-0.2, 0) is 9.22 Å². The summed E-state index contributed by atoms with van der Waals surface area (Å²) in [7, 11) is -2.61. The van der Waals surface area contributed by atoms with Crippen LogP contribution in [0, 0.1) is 0 Å². The summed E-state index contributed by atoms with van der Waals surface area (Å²) < 4.78 is 6.92. The van der Waals surface area contributed by atoms with Gasteiger partial charge < -0.3 is 4.43 Å². The fourth-order valence-corrected chi connectivity index (χ4v) is 8.45. The van der Waals surface area contributed by atoms with Crippen molar-refractivity contribution in [2.45, 2.75) is 51.2 Å². The molecule has 2 aromatic rings. The van der Waals surface area contributed by atoms with Gasteiger partial charge in [0.25, 0.3) is 8.32 Å². The van der Waals surface area contributed by atoms with Crippen LogP contribution in [0.25, 0.3) is 0 Å². The highest BCUT2D eigenvalue weighted by atomic mass is 28.4. The van der Waals surface area contributed by atoms with E-state index in [4.69, 9.17) is 4.43 Å². The lowest BCUT2D eigenvalue weighted by molar-refractivity contribution is -0.125. The monoisotopic (exact) mass is 338 g/mol. The summed E-state index contributed by atoms with van der Waals surface area (Å²) in [6, 6.07) is 21.0. The van der Waals surface area contributed by atoms with Crippen molar-refractivity contribution < 1.29 is 9.22 Å². The van der Waals surface area contributed by atoms with Crippen LogP contribution in [-0.4, -0.2) is 19.7 Å². The van der Waals surface area contributed by atoms with E-state index in [9.17, 15) is 4.79 Å². The zero-order valence-corrected chi connectivity index (χ0v) is 16.0. The topological polar surface area (TPSA) is 26.3 Å². The third-order valence-corrected chi connectivity index (χ3v) is 10.2. The lowest BCUT2D eigenvalue weighted by atomic mass is 10.2. The average Bonchev–Trinajstić information content (AvgIpc) is 3.34. The fraction of sp³-hybridized carbons (Fsp3) is 0.381. The minimum Gasteiger partial charge on any atom is -0.395 e. The Labute approximate surface area is 146 Å². The maximum atomic E-state index is 12.3. The molecule has 0 aromatic heterocycles. The Bertz CT molecular complexity index is 673. The molecule has 2 nitrogen and oxygen atoms in total. The standard InChI is InChI=1S/C21H26O2Si/c1-17(22)21(15-16-21)23-24(20(2,3)4,18-11-7-5-8-12-18)19-13-9-6-10-14-19/h5-14H,15-16H2,1-4H3. The van der Waals surface area contributed by atoms with Crippen molar-refractivity contribution in [3.63, 3.8) is 0 Å². The van der Waals surface area contributed by atoms with E-state index in [0.717, 1.165) is 12.8 Å². The summed E-state index contributed by atoms with van der Waals surface area (Å²) in [5.74, 6) is 0.162. The maximum absolute atomic E-state index is 12.3. The van der Waals surface area contributed by atoms with Gasteiger partial charge in [-0.3, -0.25) is 4.79 Å². The maximum Gasteiger partial charge on any atom is 0.262 e. The van der Waals surface area contributed by atoms with Crippen molar-refractivity contribution in [2.75, 3.05) is 0 Å². The third-order valence-electron chi connectivity index (χ3n) is 5.11. The lowest BCUT2D eigenvalue weighted by Crippen LogP contribution is -2.68. The van der Waals surface area contributed by atoms with E-state index in [0.29, 0.717) is 0 Å². The van der Waals surface area contributed by atoms with Crippen molar-refractivity contribution >= 4 is 24.5 Å². The van der Waals surface area contributed by atoms with E-state index in [2.05, 4.69) is 69.3 Å². The van der Waals surface area contributed by atoms with Gasteiger partial charge in [0.15, 0.2) is 5.78 Å². The zero-order chi connectivity index (χ0) is 17.4. The van der Waals surface area contributed by atoms with Gasteiger partial charge in [0.05, 0.1) is 0 Å². The van der Waals surface area contributed by atoms with Gasteiger partial charge in [-0.2, -0.15) is 0 Å². The average molecular weight is 339 g/mol. The molecule has 1 aliphatic carbocycles. The van der Waals surface area contributed by atoms with Gasteiger partial charge in [-0.05, 0) is 35.2 Å². The number of Topliss-reactive ketones (excluding diaryl/α,β-unsaturated/α-hetero) is 1. The van der Waals surface area contributed by atoms with E-state index in [1.54, 1.807) is 6.92 Å². The summed E-state index contributed by atoms with van der Waals surface area (Å²) in [5, 5.41) is 2.38. The molecule has 0 bridgehead atoms. The highest BCUT2D eigenvalue weighted by molar-refractivity contribution is 6.99. The molecule has 1 aliphatic rings. The van der Waals surface area contributed by atoms with Crippen LogP contribution in [0.3, 0.4) is 0 Å². The van der Waals surface area contributed by atoms with E-state index in [1.807, 2.05) is 12.1 Å². The van der Waals surface area contributed by atoms with Gasteiger partial charge in [0.2, 0.25) is 0 Å². The highest BCUT2D eigenvalue weighted by Crippen LogP contribution is 2.47. The van der Waals surface area contributed by atoms with Crippen LogP contribution in [0.1, 0.15) is 40.5 Å². The quantitative estimate of drug-likeness (QED) is 0.777. The molecule has 1 saturated carbocycles. The van der Waals surface area contributed by atoms with Gasteiger partial charge >= 0.3 is 0 Å². The number of hydrogen-bond donors (Lipinski definition) is 0. The van der Waals surface area contributed by atoms with Crippen molar-refractivity contribution in [1.29, 1.82) is 0 Å². The number of hydrogen-bond acceptors (Lipinski definition) is 2. The predicted molar refractivity (Wildman–Crippen MR) is 101 cm³/mol. The first-order chi connectivity index (χ1) is 11.3. The van der Waals surface area contributed by atoms with Crippen LogP contribution in [0.4, 0.5) is 0 Å². The first-order valence-electron chi connectivity index (χ1n) is 8.64. The Kier molecular flexibility index (Phi) is 4.26. The summed E-state index contributed by atoms with van der Waals surface area (Å²) in [6.07, 6.45) is 1.68. The van der Waals surface area contributed by atoms with E-state index < -0.39 is 13.9 Å². The number of carbonyl (C=O) groups is 1. The minimum absolute atomic E-state index is 0.0826. The molecule has 0 radical (unpaired) electrons. The summed E-state index contributed by atoms with van der Waals surface area (Å²) >= 11 is 0. The van der Waals surface area contributed by atoms with Crippen molar-refractivity contribution in [2.24, 2.45) is 0 Å². The molecule has 3 heteroatoms. The largest absolute Gasteiger partial charge is 0.395 e. The SMILES string of the molecule is CC(=O)C1(O[Si](c2ccccc2)(c2ccccc2)C(C)(C)C)CC1. The number of rotatable bonds is 5. The van der Waals surface area contributed by atoms with Gasteiger partial charge in [0.1, 0.15) is 5.60 Å². The molecule has 0 aliphatic heterocycles. The van der Waals surface area contributed by atoms with Crippen molar-refractivity contribution in [1.82, 2.24) is 0 Å². The first kappa shape index (κ1) is 17.1. The molecule has 2 aromatic carbocycles. The highest BCUT2D eigenvalue weighted by Gasteiger charge is 2.60. The molecule has 0 amide bonds. The Morgan fingerprint density at radius 3 is 1.62 bits per heavy atom. The second kappa shape index (κ2) is 5.98. The Balaban J connectivity index is 2.24. The number of benzene rings is 2. The molecule has 126 valence electrons. The summed E-state index contributed by atoms with van der Waals surface area (Å²) in [5.41, 5.74) is -0.578. The van der Waals surface area contributed by atoms with Crippen LogP contribution in [0.2, 0.25) is 5.04 Å². The van der Waals surface area contributed by atoms with Crippen LogP contribution < -0.4 is 10.4 Å². The molecule has 0 N–H and O–H groups in total. The van der Waals surface area contributed by atoms with Crippen molar-refractivity contribution in [3.05, 3.63) is 60.7 Å². The van der Waals surface area contributed by atoms with Crippen LogP contribution in [0.5, 0.6) is 0 Å². The lowest BCUT2D eigenvalue weighted by Gasteiger charge is -2.45. The Hall–Kier alpha value is -1.71. The molecule has 3 rings (SSSR count). The van der Waals surface area contributed by atoms with E-state index in [1.165, 1.54) is 10.4 Å². The Morgan fingerprint density at radius 2 is 1.33 bits per heavy atom. The smallest absolute Gasteiger partial charge is 0.262 e.